The first-order valence-corrected chi connectivity index (χ1v) is 6.11. The van der Waals surface area contributed by atoms with E-state index in [0.29, 0.717) is 18.9 Å². The molecule has 0 saturated heterocycles. The number of amides is 1. The Balaban J connectivity index is 2.83. The van der Waals surface area contributed by atoms with Crippen molar-refractivity contribution in [1.29, 1.82) is 0 Å². The molecular formula is C15H20N2O. The van der Waals surface area contributed by atoms with Gasteiger partial charge >= 0.3 is 0 Å². The lowest BCUT2D eigenvalue weighted by Gasteiger charge is -2.08. The van der Waals surface area contributed by atoms with Crippen LogP contribution < -0.4 is 11.1 Å². The van der Waals surface area contributed by atoms with Crippen LogP contribution in [0.2, 0.25) is 0 Å². The van der Waals surface area contributed by atoms with Gasteiger partial charge in [0.2, 0.25) is 5.91 Å². The number of carbonyl (C=O) groups excluding carboxylic acids is 1. The summed E-state index contributed by atoms with van der Waals surface area (Å²) in [6.45, 7) is 6.36. The molecule has 1 aromatic carbocycles. The SMILES string of the molecule is Cc1cc(C#CCN)cc(NC(=O)CC(C)C)c1. The predicted molar refractivity (Wildman–Crippen MR) is 75.2 cm³/mol. The quantitative estimate of drug-likeness (QED) is 0.801. The van der Waals surface area contributed by atoms with Crippen LogP contribution in [0.5, 0.6) is 0 Å². The lowest BCUT2D eigenvalue weighted by molar-refractivity contribution is -0.116. The third-order valence-electron chi connectivity index (χ3n) is 2.29. The highest BCUT2D eigenvalue weighted by atomic mass is 16.1. The van der Waals surface area contributed by atoms with Crippen molar-refractivity contribution >= 4 is 11.6 Å². The van der Waals surface area contributed by atoms with Crippen molar-refractivity contribution in [3.63, 3.8) is 0 Å². The molecule has 0 radical (unpaired) electrons. The molecule has 0 saturated carbocycles. The molecule has 0 aliphatic heterocycles. The van der Waals surface area contributed by atoms with E-state index in [1.54, 1.807) is 0 Å². The average Bonchev–Trinajstić information content (AvgIpc) is 2.24. The Labute approximate surface area is 109 Å². The third-order valence-corrected chi connectivity index (χ3v) is 2.29. The van der Waals surface area contributed by atoms with Crippen molar-refractivity contribution in [1.82, 2.24) is 0 Å². The molecule has 0 fully saturated rings. The van der Waals surface area contributed by atoms with Crippen LogP contribution in [-0.4, -0.2) is 12.5 Å². The van der Waals surface area contributed by atoms with Gasteiger partial charge in [0.15, 0.2) is 0 Å². The maximum Gasteiger partial charge on any atom is 0.224 e. The van der Waals surface area contributed by atoms with E-state index in [-0.39, 0.29) is 5.91 Å². The van der Waals surface area contributed by atoms with E-state index in [1.807, 2.05) is 39.0 Å². The zero-order valence-corrected chi connectivity index (χ0v) is 11.2. The summed E-state index contributed by atoms with van der Waals surface area (Å²) in [6.07, 6.45) is 0.526. The Hall–Kier alpha value is -1.79. The zero-order valence-electron chi connectivity index (χ0n) is 11.2. The Morgan fingerprint density at radius 1 is 1.39 bits per heavy atom. The van der Waals surface area contributed by atoms with E-state index < -0.39 is 0 Å². The van der Waals surface area contributed by atoms with Crippen LogP contribution in [-0.2, 0) is 4.79 Å². The minimum Gasteiger partial charge on any atom is -0.326 e. The highest BCUT2D eigenvalue weighted by Gasteiger charge is 2.05. The number of benzene rings is 1. The molecule has 3 heteroatoms. The Morgan fingerprint density at radius 2 is 2.11 bits per heavy atom. The van der Waals surface area contributed by atoms with E-state index in [2.05, 4.69) is 17.2 Å². The Bertz CT molecular complexity index is 481. The maximum absolute atomic E-state index is 11.7. The predicted octanol–water partition coefficient (Wildman–Crippen LogP) is 2.29. The molecule has 96 valence electrons. The van der Waals surface area contributed by atoms with Crippen LogP contribution in [0.15, 0.2) is 18.2 Å². The summed E-state index contributed by atoms with van der Waals surface area (Å²) in [4.78, 5) is 11.7. The first-order valence-electron chi connectivity index (χ1n) is 6.11. The number of aryl methyl sites for hydroxylation is 1. The van der Waals surface area contributed by atoms with Crippen LogP contribution in [0.3, 0.4) is 0 Å². The van der Waals surface area contributed by atoms with Gasteiger partial charge in [-0.2, -0.15) is 0 Å². The second-order valence-corrected chi connectivity index (χ2v) is 4.74. The molecule has 0 heterocycles. The minimum atomic E-state index is 0.0355. The van der Waals surface area contributed by atoms with Crippen LogP contribution in [0.4, 0.5) is 5.69 Å². The van der Waals surface area contributed by atoms with Crippen molar-refractivity contribution in [3.8, 4) is 11.8 Å². The van der Waals surface area contributed by atoms with Gasteiger partial charge in [-0.15, -0.1) is 0 Å². The molecule has 0 atom stereocenters. The van der Waals surface area contributed by atoms with Crippen LogP contribution in [0.25, 0.3) is 0 Å². The van der Waals surface area contributed by atoms with Gasteiger partial charge in [0.05, 0.1) is 6.54 Å². The van der Waals surface area contributed by atoms with Crippen LogP contribution >= 0.6 is 0 Å². The Kier molecular flexibility index (Phi) is 5.41. The fourth-order valence-corrected chi connectivity index (χ4v) is 1.66. The largest absolute Gasteiger partial charge is 0.326 e. The summed E-state index contributed by atoms with van der Waals surface area (Å²) in [6, 6.07) is 5.78. The smallest absolute Gasteiger partial charge is 0.224 e. The summed E-state index contributed by atoms with van der Waals surface area (Å²) in [7, 11) is 0. The van der Waals surface area contributed by atoms with Crippen molar-refractivity contribution in [2.24, 2.45) is 11.7 Å². The monoisotopic (exact) mass is 244 g/mol. The lowest BCUT2D eigenvalue weighted by atomic mass is 10.1. The van der Waals surface area contributed by atoms with E-state index in [4.69, 9.17) is 5.73 Å². The molecule has 0 spiro atoms. The fourth-order valence-electron chi connectivity index (χ4n) is 1.66. The van der Waals surface area contributed by atoms with Crippen LogP contribution in [0.1, 0.15) is 31.4 Å². The van der Waals surface area contributed by atoms with Gasteiger partial charge in [0.25, 0.3) is 0 Å². The highest BCUT2D eigenvalue weighted by Crippen LogP contribution is 2.15. The number of rotatable bonds is 3. The number of carbonyl (C=O) groups is 1. The lowest BCUT2D eigenvalue weighted by Crippen LogP contribution is -2.14. The van der Waals surface area contributed by atoms with Gasteiger partial charge in [-0.05, 0) is 36.6 Å². The molecule has 0 bridgehead atoms. The van der Waals surface area contributed by atoms with Crippen LogP contribution in [0, 0.1) is 24.7 Å². The van der Waals surface area contributed by atoms with E-state index in [9.17, 15) is 4.79 Å². The second kappa shape index (κ2) is 6.83. The number of nitrogens with one attached hydrogen (secondary N) is 1. The first kappa shape index (κ1) is 14.3. The molecule has 1 rings (SSSR count). The molecular weight excluding hydrogens is 224 g/mol. The van der Waals surface area contributed by atoms with E-state index in [1.165, 1.54) is 0 Å². The molecule has 0 aliphatic carbocycles. The summed E-state index contributed by atoms with van der Waals surface area (Å²) in [5, 5.41) is 2.89. The van der Waals surface area contributed by atoms with Gasteiger partial charge < -0.3 is 11.1 Å². The number of hydrogen-bond donors (Lipinski definition) is 2. The van der Waals surface area contributed by atoms with Gasteiger partial charge in [-0.1, -0.05) is 25.7 Å². The normalized spacial score (nSPS) is 9.83. The average molecular weight is 244 g/mol. The molecule has 18 heavy (non-hydrogen) atoms. The Morgan fingerprint density at radius 3 is 2.72 bits per heavy atom. The summed E-state index contributed by atoms with van der Waals surface area (Å²) in [5.74, 6) is 6.17. The third kappa shape index (κ3) is 5.03. The van der Waals surface area contributed by atoms with E-state index >= 15 is 0 Å². The minimum absolute atomic E-state index is 0.0355. The molecule has 3 N–H and O–H groups in total. The summed E-state index contributed by atoms with van der Waals surface area (Å²) >= 11 is 0. The molecule has 1 amide bonds. The summed E-state index contributed by atoms with van der Waals surface area (Å²) < 4.78 is 0. The van der Waals surface area contributed by atoms with Gasteiger partial charge in [-0.3, -0.25) is 4.79 Å². The van der Waals surface area contributed by atoms with Crippen molar-refractivity contribution in [2.45, 2.75) is 27.2 Å². The molecule has 0 aromatic heterocycles. The number of hydrogen-bond acceptors (Lipinski definition) is 2. The highest BCUT2D eigenvalue weighted by molar-refractivity contribution is 5.91. The number of anilines is 1. The topological polar surface area (TPSA) is 55.1 Å². The van der Waals surface area contributed by atoms with Gasteiger partial charge in [0.1, 0.15) is 0 Å². The van der Waals surface area contributed by atoms with Gasteiger partial charge in [-0.25, -0.2) is 0 Å². The van der Waals surface area contributed by atoms with E-state index in [0.717, 1.165) is 16.8 Å². The maximum atomic E-state index is 11.7. The standard InChI is InChI=1S/C15H20N2O/c1-11(2)7-15(18)17-14-9-12(3)8-13(10-14)5-4-6-16/h8-11H,6-7,16H2,1-3H3,(H,17,18). The zero-order chi connectivity index (χ0) is 13.5. The fraction of sp³-hybridized carbons (Fsp3) is 0.400. The number of nitrogens with two attached hydrogens (primary N) is 1. The van der Waals surface area contributed by atoms with Crippen molar-refractivity contribution < 1.29 is 4.79 Å². The molecule has 0 unspecified atom stereocenters. The second-order valence-electron chi connectivity index (χ2n) is 4.74. The molecule has 0 aliphatic rings. The molecule has 3 nitrogen and oxygen atoms in total. The van der Waals surface area contributed by atoms with Crippen molar-refractivity contribution in [3.05, 3.63) is 29.3 Å². The molecule has 1 aromatic rings. The summed E-state index contributed by atoms with van der Waals surface area (Å²) in [5.41, 5.74) is 8.08. The first-order chi connectivity index (χ1) is 8.51. The van der Waals surface area contributed by atoms with Gasteiger partial charge in [0, 0.05) is 17.7 Å². The van der Waals surface area contributed by atoms with Crippen molar-refractivity contribution in [2.75, 3.05) is 11.9 Å².